The van der Waals surface area contributed by atoms with Crippen LogP contribution in [0.2, 0.25) is 0 Å². The summed E-state index contributed by atoms with van der Waals surface area (Å²) in [7, 11) is 0. The third kappa shape index (κ3) is 1.54. The number of hydrogen-bond acceptors (Lipinski definition) is 3. The van der Waals surface area contributed by atoms with Crippen molar-refractivity contribution in [1.29, 1.82) is 0 Å². The van der Waals surface area contributed by atoms with E-state index in [2.05, 4.69) is 9.98 Å². The zero-order valence-electron chi connectivity index (χ0n) is 7.34. The predicted molar refractivity (Wildman–Crippen MR) is 52.9 cm³/mol. The highest BCUT2D eigenvalue weighted by Crippen LogP contribution is 2.07. The molecule has 1 aliphatic rings. The normalized spacial score (nSPS) is 14.9. The van der Waals surface area contributed by atoms with E-state index < -0.39 is 5.97 Å². The van der Waals surface area contributed by atoms with Crippen LogP contribution in [0.1, 0.15) is 5.56 Å². The molecule has 0 spiro atoms. The Balaban J connectivity index is 2.28. The second-order valence-electron chi connectivity index (χ2n) is 2.87. The molecule has 0 amide bonds. The Hall–Kier alpha value is -1.97. The highest BCUT2D eigenvalue weighted by molar-refractivity contribution is 6.40. The first-order valence-electron chi connectivity index (χ1n) is 4.18. The van der Waals surface area contributed by atoms with Crippen molar-refractivity contribution in [2.75, 3.05) is 6.54 Å². The molecule has 0 radical (unpaired) electrons. The van der Waals surface area contributed by atoms with Crippen LogP contribution >= 0.6 is 0 Å². The standard InChI is InChI=1S/C10H8N2O2/c13-10(14)8-6-11-9(12-8)7-4-2-1-3-5-7/h1-5H,6H2,(H,13,14). The number of aliphatic carboxylic acids is 1. The fourth-order valence-corrected chi connectivity index (χ4v) is 1.21. The third-order valence-corrected chi connectivity index (χ3v) is 1.90. The van der Waals surface area contributed by atoms with Gasteiger partial charge in [-0.15, -0.1) is 0 Å². The van der Waals surface area contributed by atoms with Gasteiger partial charge in [-0.05, 0) is 0 Å². The van der Waals surface area contributed by atoms with Gasteiger partial charge in [0.2, 0.25) is 0 Å². The first kappa shape index (κ1) is 8.62. The summed E-state index contributed by atoms with van der Waals surface area (Å²) in [5.41, 5.74) is 0.951. The summed E-state index contributed by atoms with van der Waals surface area (Å²) in [6.45, 7) is 0.166. The summed E-state index contributed by atoms with van der Waals surface area (Å²) in [4.78, 5) is 18.5. The Kier molecular flexibility index (Phi) is 2.10. The zero-order chi connectivity index (χ0) is 9.97. The largest absolute Gasteiger partial charge is 0.477 e. The maximum atomic E-state index is 10.6. The highest BCUT2D eigenvalue weighted by Gasteiger charge is 2.16. The van der Waals surface area contributed by atoms with Gasteiger partial charge in [-0.25, -0.2) is 9.79 Å². The molecule has 2 rings (SSSR count). The summed E-state index contributed by atoms with van der Waals surface area (Å²) in [6.07, 6.45) is 0. The lowest BCUT2D eigenvalue weighted by molar-refractivity contribution is -0.129. The molecule has 0 saturated carbocycles. The van der Waals surface area contributed by atoms with E-state index in [1.54, 1.807) is 0 Å². The average molecular weight is 188 g/mol. The molecule has 0 saturated heterocycles. The molecule has 0 aliphatic carbocycles. The molecule has 70 valence electrons. The van der Waals surface area contributed by atoms with Crippen LogP contribution in [0.4, 0.5) is 0 Å². The zero-order valence-corrected chi connectivity index (χ0v) is 7.34. The lowest BCUT2D eigenvalue weighted by atomic mass is 10.2. The Morgan fingerprint density at radius 3 is 2.57 bits per heavy atom. The summed E-state index contributed by atoms with van der Waals surface area (Å²) in [5, 5.41) is 8.67. The van der Waals surface area contributed by atoms with E-state index in [-0.39, 0.29) is 12.3 Å². The van der Waals surface area contributed by atoms with Crippen LogP contribution in [0.25, 0.3) is 0 Å². The average Bonchev–Trinajstić information content (AvgIpc) is 2.68. The lowest BCUT2D eigenvalue weighted by Crippen LogP contribution is -2.13. The Morgan fingerprint density at radius 2 is 2.00 bits per heavy atom. The number of carbonyl (C=O) groups is 1. The van der Waals surface area contributed by atoms with Gasteiger partial charge < -0.3 is 5.11 Å². The van der Waals surface area contributed by atoms with Gasteiger partial charge in [-0.1, -0.05) is 30.3 Å². The van der Waals surface area contributed by atoms with Crippen molar-refractivity contribution >= 4 is 17.5 Å². The predicted octanol–water partition coefficient (Wildman–Crippen LogP) is 0.972. The van der Waals surface area contributed by atoms with Crippen LogP contribution in [-0.2, 0) is 4.79 Å². The molecule has 1 aliphatic heterocycles. The molecule has 4 nitrogen and oxygen atoms in total. The minimum Gasteiger partial charge on any atom is -0.477 e. The van der Waals surface area contributed by atoms with E-state index in [0.29, 0.717) is 5.84 Å². The SMILES string of the molecule is O=C(O)C1=NC(c2ccccc2)=NC1. The monoisotopic (exact) mass is 188 g/mol. The third-order valence-electron chi connectivity index (χ3n) is 1.90. The summed E-state index contributed by atoms with van der Waals surface area (Å²) < 4.78 is 0. The molecular formula is C10H8N2O2. The van der Waals surface area contributed by atoms with E-state index in [0.717, 1.165) is 5.56 Å². The van der Waals surface area contributed by atoms with E-state index in [1.807, 2.05) is 30.3 Å². The summed E-state index contributed by atoms with van der Waals surface area (Å²) in [5.74, 6) is -0.498. The van der Waals surface area contributed by atoms with Crippen molar-refractivity contribution < 1.29 is 9.90 Å². The number of carboxylic acid groups (broad SMARTS) is 1. The van der Waals surface area contributed by atoms with Crippen molar-refractivity contribution in [2.24, 2.45) is 9.98 Å². The molecule has 1 aromatic carbocycles. The molecule has 0 atom stereocenters. The fraction of sp³-hybridized carbons (Fsp3) is 0.100. The van der Waals surface area contributed by atoms with Crippen LogP contribution in [0.3, 0.4) is 0 Å². The van der Waals surface area contributed by atoms with Gasteiger partial charge in [0.25, 0.3) is 0 Å². The molecule has 1 N–H and O–H groups in total. The van der Waals surface area contributed by atoms with E-state index in [9.17, 15) is 4.79 Å². The van der Waals surface area contributed by atoms with Crippen LogP contribution in [0, 0.1) is 0 Å². The van der Waals surface area contributed by atoms with Crippen LogP contribution in [0.5, 0.6) is 0 Å². The Bertz CT molecular complexity index is 421. The van der Waals surface area contributed by atoms with Gasteiger partial charge in [-0.2, -0.15) is 0 Å². The van der Waals surface area contributed by atoms with E-state index in [1.165, 1.54) is 0 Å². The van der Waals surface area contributed by atoms with Gasteiger partial charge >= 0.3 is 5.97 Å². The van der Waals surface area contributed by atoms with Gasteiger partial charge in [0, 0.05) is 5.56 Å². The fourth-order valence-electron chi connectivity index (χ4n) is 1.21. The van der Waals surface area contributed by atoms with Crippen molar-refractivity contribution in [3.8, 4) is 0 Å². The van der Waals surface area contributed by atoms with Crippen molar-refractivity contribution in [3.05, 3.63) is 35.9 Å². The number of nitrogens with zero attached hydrogens (tertiary/aromatic N) is 2. The van der Waals surface area contributed by atoms with Crippen LogP contribution in [-0.4, -0.2) is 29.2 Å². The Morgan fingerprint density at radius 1 is 1.29 bits per heavy atom. The molecular weight excluding hydrogens is 180 g/mol. The molecule has 0 bridgehead atoms. The number of carboxylic acids is 1. The summed E-state index contributed by atoms with van der Waals surface area (Å²) in [6, 6.07) is 9.33. The number of benzene rings is 1. The lowest BCUT2D eigenvalue weighted by Gasteiger charge is -1.94. The second kappa shape index (κ2) is 3.41. The topological polar surface area (TPSA) is 62.0 Å². The van der Waals surface area contributed by atoms with Gasteiger partial charge in [0.05, 0.1) is 6.54 Å². The minimum atomic E-state index is -1.00. The number of aliphatic imine (C=N–C) groups is 2. The first-order valence-corrected chi connectivity index (χ1v) is 4.18. The smallest absolute Gasteiger partial charge is 0.352 e. The highest BCUT2D eigenvalue weighted by atomic mass is 16.4. The maximum absolute atomic E-state index is 10.6. The van der Waals surface area contributed by atoms with Crippen LogP contribution in [0.15, 0.2) is 40.3 Å². The maximum Gasteiger partial charge on any atom is 0.352 e. The second-order valence-corrected chi connectivity index (χ2v) is 2.87. The minimum absolute atomic E-state index is 0.101. The van der Waals surface area contributed by atoms with Gasteiger partial charge in [-0.3, -0.25) is 4.99 Å². The van der Waals surface area contributed by atoms with E-state index in [4.69, 9.17) is 5.11 Å². The van der Waals surface area contributed by atoms with E-state index >= 15 is 0 Å². The van der Waals surface area contributed by atoms with Gasteiger partial charge in [0.1, 0.15) is 5.71 Å². The number of amidine groups is 1. The van der Waals surface area contributed by atoms with Crippen LogP contribution < -0.4 is 0 Å². The number of rotatable bonds is 2. The molecule has 0 unspecified atom stereocenters. The van der Waals surface area contributed by atoms with Crippen molar-refractivity contribution in [2.45, 2.75) is 0 Å². The molecule has 1 aromatic rings. The van der Waals surface area contributed by atoms with Gasteiger partial charge in [0.15, 0.2) is 5.84 Å². The molecule has 14 heavy (non-hydrogen) atoms. The van der Waals surface area contributed by atoms with Crippen molar-refractivity contribution in [1.82, 2.24) is 0 Å². The van der Waals surface area contributed by atoms with Crippen molar-refractivity contribution in [3.63, 3.8) is 0 Å². The summed E-state index contributed by atoms with van der Waals surface area (Å²) >= 11 is 0. The molecule has 1 heterocycles. The first-order chi connectivity index (χ1) is 6.77. The molecule has 0 fully saturated rings. The Labute approximate surface area is 80.6 Å². The number of hydrogen-bond donors (Lipinski definition) is 1. The quantitative estimate of drug-likeness (QED) is 0.751. The molecule has 4 heteroatoms. The molecule has 0 aromatic heterocycles.